The topological polar surface area (TPSA) is 38.7 Å². The standard InChI is InChI=1S/C9H12.C3H3N3/c1-7-5-4-6-8(2)9(7)3;1-2-4-6-5-3-1/h4-6H,1-3H3;1-3H. The first-order chi connectivity index (χ1) is 7.22. The van der Waals surface area contributed by atoms with Gasteiger partial charge in [-0.15, -0.1) is 10.2 Å². The van der Waals surface area contributed by atoms with E-state index in [4.69, 9.17) is 0 Å². The van der Waals surface area contributed by atoms with Gasteiger partial charge in [0.15, 0.2) is 0 Å². The van der Waals surface area contributed by atoms with Crippen LogP contribution in [0.3, 0.4) is 0 Å². The predicted octanol–water partition coefficient (Wildman–Crippen LogP) is 2.48. The number of rotatable bonds is 0. The Bertz CT molecular complexity index is 352. The molecule has 0 fully saturated rings. The number of hydrogen-bond donors (Lipinski definition) is 0. The molecule has 2 rings (SSSR count). The summed E-state index contributed by atoms with van der Waals surface area (Å²) in [7, 11) is 0. The van der Waals surface area contributed by atoms with Crippen molar-refractivity contribution in [2.75, 3.05) is 0 Å². The Kier molecular flexibility index (Phi) is 4.41. The molecule has 1 heterocycles. The van der Waals surface area contributed by atoms with Gasteiger partial charge in [0.2, 0.25) is 0 Å². The first-order valence-electron chi connectivity index (χ1n) is 4.83. The number of aromatic nitrogens is 3. The lowest BCUT2D eigenvalue weighted by Gasteiger charge is -2.00. The van der Waals surface area contributed by atoms with Gasteiger partial charge in [0.05, 0.1) is 12.4 Å². The minimum absolute atomic E-state index is 1.38. The van der Waals surface area contributed by atoms with Crippen molar-refractivity contribution in [1.29, 1.82) is 0 Å². The van der Waals surface area contributed by atoms with Crippen LogP contribution >= 0.6 is 0 Å². The Morgan fingerprint density at radius 1 is 0.800 bits per heavy atom. The van der Waals surface area contributed by atoms with Gasteiger partial charge in [0, 0.05) is 0 Å². The van der Waals surface area contributed by atoms with Gasteiger partial charge in [-0.3, -0.25) is 0 Å². The van der Waals surface area contributed by atoms with Crippen molar-refractivity contribution in [3.63, 3.8) is 0 Å². The molecule has 0 unspecified atom stereocenters. The molecule has 0 amide bonds. The van der Waals surface area contributed by atoms with Crippen LogP contribution in [0, 0.1) is 20.8 Å². The molecule has 3 heteroatoms. The van der Waals surface area contributed by atoms with E-state index in [0.717, 1.165) is 0 Å². The molecule has 0 bridgehead atoms. The third-order valence-corrected chi connectivity index (χ3v) is 2.28. The van der Waals surface area contributed by atoms with E-state index >= 15 is 0 Å². The van der Waals surface area contributed by atoms with Crippen LogP contribution in [-0.4, -0.2) is 15.4 Å². The zero-order valence-electron chi connectivity index (χ0n) is 9.31. The van der Waals surface area contributed by atoms with Crippen molar-refractivity contribution < 1.29 is 0 Å². The van der Waals surface area contributed by atoms with Crippen LogP contribution in [0.5, 0.6) is 0 Å². The van der Waals surface area contributed by atoms with Crippen LogP contribution in [0.1, 0.15) is 16.7 Å². The summed E-state index contributed by atoms with van der Waals surface area (Å²) in [5, 5.41) is 10.1. The van der Waals surface area contributed by atoms with Gasteiger partial charge in [-0.2, -0.15) is 0 Å². The number of hydrogen-bond acceptors (Lipinski definition) is 3. The maximum Gasteiger partial charge on any atom is 0.0529 e. The molecule has 2 aromatic rings. The van der Waals surface area contributed by atoms with Gasteiger partial charge in [-0.1, -0.05) is 18.2 Å². The summed E-state index contributed by atoms with van der Waals surface area (Å²) < 4.78 is 0. The van der Waals surface area contributed by atoms with Gasteiger partial charge < -0.3 is 0 Å². The maximum absolute atomic E-state index is 3.42. The molecular formula is C12H15N3. The van der Waals surface area contributed by atoms with Gasteiger partial charge in [-0.05, 0) is 48.7 Å². The number of aryl methyl sites for hydroxylation is 2. The Labute approximate surface area is 90.2 Å². The molecule has 0 spiro atoms. The van der Waals surface area contributed by atoms with Crippen molar-refractivity contribution in [1.82, 2.24) is 15.4 Å². The number of benzene rings is 1. The van der Waals surface area contributed by atoms with E-state index in [1.54, 1.807) is 18.5 Å². The van der Waals surface area contributed by atoms with Crippen molar-refractivity contribution in [3.05, 3.63) is 53.3 Å². The highest BCUT2D eigenvalue weighted by atomic mass is 15.3. The van der Waals surface area contributed by atoms with Crippen LogP contribution in [-0.2, 0) is 0 Å². The second kappa shape index (κ2) is 5.86. The summed E-state index contributed by atoms with van der Waals surface area (Å²) >= 11 is 0. The molecular weight excluding hydrogens is 186 g/mol. The normalized spacial score (nSPS) is 9.00. The van der Waals surface area contributed by atoms with Gasteiger partial charge >= 0.3 is 0 Å². The molecule has 0 aliphatic rings. The molecule has 0 radical (unpaired) electrons. The van der Waals surface area contributed by atoms with E-state index in [9.17, 15) is 0 Å². The molecule has 0 atom stereocenters. The summed E-state index contributed by atoms with van der Waals surface area (Å²) in [6, 6.07) is 8.09. The van der Waals surface area contributed by atoms with Gasteiger partial charge in [-0.25, -0.2) is 0 Å². The predicted molar refractivity (Wildman–Crippen MR) is 60.5 cm³/mol. The second-order valence-corrected chi connectivity index (χ2v) is 3.33. The largest absolute Gasteiger partial charge is 0.139 e. The summed E-state index contributed by atoms with van der Waals surface area (Å²) in [5.74, 6) is 0. The molecule has 0 aliphatic heterocycles. The molecule has 0 saturated heterocycles. The Hall–Kier alpha value is -1.77. The SMILES string of the molecule is Cc1cccc(C)c1C.c1cnnnc1. The smallest absolute Gasteiger partial charge is 0.0529 e. The highest BCUT2D eigenvalue weighted by Gasteiger charge is 1.91. The van der Waals surface area contributed by atoms with Crippen LogP contribution < -0.4 is 0 Å². The second-order valence-electron chi connectivity index (χ2n) is 3.33. The van der Waals surface area contributed by atoms with Crippen LogP contribution in [0.25, 0.3) is 0 Å². The summed E-state index contributed by atoms with van der Waals surface area (Å²) in [6.07, 6.45) is 3.15. The number of nitrogens with zero attached hydrogens (tertiary/aromatic N) is 3. The first kappa shape index (κ1) is 11.3. The lowest BCUT2D eigenvalue weighted by Crippen LogP contribution is -1.82. The molecule has 15 heavy (non-hydrogen) atoms. The average Bonchev–Trinajstić information content (AvgIpc) is 2.29. The van der Waals surface area contributed by atoms with E-state index in [-0.39, 0.29) is 0 Å². The Morgan fingerprint density at radius 2 is 1.33 bits per heavy atom. The lowest BCUT2D eigenvalue weighted by atomic mass is 10.1. The lowest BCUT2D eigenvalue weighted by molar-refractivity contribution is 0.865. The highest BCUT2D eigenvalue weighted by molar-refractivity contribution is 5.31. The zero-order chi connectivity index (χ0) is 11.1. The fourth-order valence-electron chi connectivity index (χ4n) is 1.10. The molecule has 78 valence electrons. The van der Waals surface area contributed by atoms with E-state index in [0.29, 0.717) is 0 Å². The maximum atomic E-state index is 3.42. The quantitative estimate of drug-likeness (QED) is 0.657. The highest BCUT2D eigenvalue weighted by Crippen LogP contribution is 2.09. The Balaban J connectivity index is 0.000000162. The van der Waals surface area contributed by atoms with E-state index in [2.05, 4.69) is 54.4 Å². The molecule has 1 aromatic heterocycles. The van der Waals surface area contributed by atoms with Crippen molar-refractivity contribution in [2.45, 2.75) is 20.8 Å². The molecule has 3 nitrogen and oxygen atoms in total. The van der Waals surface area contributed by atoms with Gasteiger partial charge in [0.1, 0.15) is 0 Å². The monoisotopic (exact) mass is 201 g/mol. The first-order valence-corrected chi connectivity index (χ1v) is 4.83. The third-order valence-electron chi connectivity index (χ3n) is 2.28. The van der Waals surface area contributed by atoms with Crippen molar-refractivity contribution >= 4 is 0 Å². The van der Waals surface area contributed by atoms with E-state index < -0.39 is 0 Å². The minimum atomic E-state index is 1.38. The molecule has 0 N–H and O–H groups in total. The fraction of sp³-hybridized carbons (Fsp3) is 0.250. The zero-order valence-corrected chi connectivity index (χ0v) is 9.31. The van der Waals surface area contributed by atoms with Crippen molar-refractivity contribution in [2.24, 2.45) is 0 Å². The summed E-state index contributed by atoms with van der Waals surface area (Å²) in [4.78, 5) is 0. The summed E-state index contributed by atoms with van der Waals surface area (Å²) in [5.41, 5.74) is 4.18. The summed E-state index contributed by atoms with van der Waals surface area (Å²) in [6.45, 7) is 6.44. The minimum Gasteiger partial charge on any atom is -0.139 e. The van der Waals surface area contributed by atoms with E-state index in [1.165, 1.54) is 16.7 Å². The van der Waals surface area contributed by atoms with Crippen LogP contribution in [0.2, 0.25) is 0 Å². The molecule has 1 aromatic carbocycles. The van der Waals surface area contributed by atoms with Crippen LogP contribution in [0.15, 0.2) is 36.7 Å². The Morgan fingerprint density at radius 3 is 1.60 bits per heavy atom. The average molecular weight is 201 g/mol. The van der Waals surface area contributed by atoms with Gasteiger partial charge in [0.25, 0.3) is 0 Å². The third kappa shape index (κ3) is 3.85. The van der Waals surface area contributed by atoms with Crippen molar-refractivity contribution in [3.8, 4) is 0 Å². The molecule has 0 aliphatic carbocycles. The van der Waals surface area contributed by atoms with E-state index in [1.807, 2.05) is 0 Å². The molecule has 0 saturated carbocycles. The van der Waals surface area contributed by atoms with Crippen LogP contribution in [0.4, 0.5) is 0 Å². The fourth-order valence-corrected chi connectivity index (χ4v) is 1.10.